The third-order valence-electron chi connectivity index (χ3n) is 3.03. The van der Waals surface area contributed by atoms with Crippen LogP contribution in [-0.4, -0.2) is 12.0 Å². The summed E-state index contributed by atoms with van der Waals surface area (Å²) in [6, 6.07) is 0. The Balaban J connectivity index is 2.23. The molecule has 1 aliphatic carbocycles. The SMILES string of the molecule is CNC1(c2nccs2)CCCCC1. The van der Waals surface area contributed by atoms with Crippen molar-refractivity contribution in [3.05, 3.63) is 16.6 Å². The average Bonchev–Trinajstić information content (AvgIpc) is 2.72. The van der Waals surface area contributed by atoms with Gasteiger partial charge >= 0.3 is 0 Å². The van der Waals surface area contributed by atoms with Gasteiger partial charge in [-0.25, -0.2) is 4.98 Å². The standard InChI is InChI=1S/C10H16N2S/c1-11-10(5-3-2-4-6-10)9-12-7-8-13-9/h7-8,11H,2-6H2,1H3. The Labute approximate surface area is 83.4 Å². The molecule has 0 atom stereocenters. The summed E-state index contributed by atoms with van der Waals surface area (Å²) in [5.41, 5.74) is 0.201. The number of nitrogens with one attached hydrogen (secondary N) is 1. The van der Waals surface area contributed by atoms with Crippen molar-refractivity contribution in [3.63, 3.8) is 0 Å². The van der Waals surface area contributed by atoms with Gasteiger partial charge in [0.25, 0.3) is 0 Å². The van der Waals surface area contributed by atoms with E-state index < -0.39 is 0 Å². The minimum Gasteiger partial charge on any atom is -0.308 e. The van der Waals surface area contributed by atoms with Crippen LogP contribution in [0.4, 0.5) is 0 Å². The lowest BCUT2D eigenvalue weighted by Gasteiger charge is -2.35. The quantitative estimate of drug-likeness (QED) is 0.786. The van der Waals surface area contributed by atoms with Crippen LogP contribution >= 0.6 is 11.3 Å². The monoisotopic (exact) mass is 196 g/mol. The summed E-state index contributed by atoms with van der Waals surface area (Å²) in [7, 11) is 2.06. The van der Waals surface area contributed by atoms with Crippen molar-refractivity contribution < 1.29 is 0 Å². The minimum atomic E-state index is 0.201. The van der Waals surface area contributed by atoms with Gasteiger partial charge in [0.1, 0.15) is 5.01 Å². The van der Waals surface area contributed by atoms with Crippen molar-refractivity contribution >= 4 is 11.3 Å². The molecular weight excluding hydrogens is 180 g/mol. The number of hydrogen-bond acceptors (Lipinski definition) is 3. The van der Waals surface area contributed by atoms with E-state index in [1.165, 1.54) is 37.1 Å². The molecule has 0 saturated heterocycles. The molecule has 0 aromatic carbocycles. The van der Waals surface area contributed by atoms with Gasteiger partial charge in [0.05, 0.1) is 5.54 Å². The molecule has 2 nitrogen and oxygen atoms in total. The van der Waals surface area contributed by atoms with Gasteiger partial charge in [0.2, 0.25) is 0 Å². The topological polar surface area (TPSA) is 24.9 Å². The molecule has 1 heterocycles. The smallest absolute Gasteiger partial charge is 0.113 e. The van der Waals surface area contributed by atoms with Gasteiger partial charge in [-0.15, -0.1) is 11.3 Å². The summed E-state index contributed by atoms with van der Waals surface area (Å²) < 4.78 is 0. The molecule has 1 aromatic rings. The van der Waals surface area contributed by atoms with E-state index in [4.69, 9.17) is 0 Å². The highest BCUT2D eigenvalue weighted by Crippen LogP contribution is 2.37. The molecule has 0 radical (unpaired) electrons. The van der Waals surface area contributed by atoms with Gasteiger partial charge in [-0.05, 0) is 19.9 Å². The predicted octanol–water partition coefficient (Wildman–Crippen LogP) is 2.52. The lowest BCUT2D eigenvalue weighted by Crippen LogP contribution is -2.41. The van der Waals surface area contributed by atoms with Crippen molar-refractivity contribution in [2.45, 2.75) is 37.6 Å². The fourth-order valence-corrected chi connectivity index (χ4v) is 3.09. The number of aromatic nitrogens is 1. The summed E-state index contributed by atoms with van der Waals surface area (Å²) in [4.78, 5) is 4.44. The number of nitrogens with zero attached hydrogens (tertiary/aromatic N) is 1. The number of hydrogen-bond donors (Lipinski definition) is 1. The van der Waals surface area contributed by atoms with Crippen LogP contribution in [0, 0.1) is 0 Å². The Morgan fingerprint density at radius 2 is 2.15 bits per heavy atom. The fraction of sp³-hybridized carbons (Fsp3) is 0.700. The van der Waals surface area contributed by atoms with Gasteiger partial charge in [-0.2, -0.15) is 0 Å². The Kier molecular flexibility index (Phi) is 2.65. The summed E-state index contributed by atoms with van der Waals surface area (Å²) in [6.45, 7) is 0. The molecule has 1 aromatic heterocycles. The van der Waals surface area contributed by atoms with Gasteiger partial charge in [0, 0.05) is 11.6 Å². The lowest BCUT2D eigenvalue weighted by atomic mass is 9.82. The van der Waals surface area contributed by atoms with Gasteiger partial charge in [-0.3, -0.25) is 0 Å². The molecule has 3 heteroatoms. The molecule has 0 amide bonds. The Morgan fingerprint density at radius 3 is 2.69 bits per heavy atom. The molecule has 13 heavy (non-hydrogen) atoms. The third-order valence-corrected chi connectivity index (χ3v) is 4.00. The van der Waals surface area contributed by atoms with E-state index in [0.29, 0.717) is 0 Å². The molecule has 0 spiro atoms. The van der Waals surface area contributed by atoms with Crippen LogP contribution < -0.4 is 5.32 Å². The molecule has 1 N–H and O–H groups in total. The van der Waals surface area contributed by atoms with Crippen LogP contribution in [0.3, 0.4) is 0 Å². The first kappa shape index (κ1) is 9.16. The van der Waals surface area contributed by atoms with E-state index in [1.807, 2.05) is 6.20 Å². The van der Waals surface area contributed by atoms with Crippen molar-refractivity contribution in [2.75, 3.05) is 7.05 Å². The maximum atomic E-state index is 4.44. The zero-order valence-corrected chi connectivity index (χ0v) is 8.86. The van der Waals surface area contributed by atoms with E-state index in [9.17, 15) is 0 Å². The molecule has 0 unspecified atom stereocenters. The van der Waals surface area contributed by atoms with Gasteiger partial charge in [0.15, 0.2) is 0 Å². The van der Waals surface area contributed by atoms with E-state index in [0.717, 1.165) is 0 Å². The van der Waals surface area contributed by atoms with Crippen molar-refractivity contribution in [1.82, 2.24) is 10.3 Å². The summed E-state index contributed by atoms with van der Waals surface area (Å²) >= 11 is 1.78. The Morgan fingerprint density at radius 1 is 1.38 bits per heavy atom. The van der Waals surface area contributed by atoms with Crippen LogP contribution in [0.15, 0.2) is 11.6 Å². The molecule has 2 rings (SSSR count). The molecule has 0 aliphatic heterocycles. The number of thiazole rings is 1. The van der Waals surface area contributed by atoms with E-state index in [2.05, 4.69) is 22.7 Å². The van der Waals surface area contributed by atoms with Gasteiger partial charge < -0.3 is 5.32 Å². The molecule has 1 aliphatic rings. The second kappa shape index (κ2) is 3.76. The Bertz CT molecular complexity index is 250. The molecule has 72 valence electrons. The van der Waals surface area contributed by atoms with Crippen LogP contribution in [0.1, 0.15) is 37.1 Å². The van der Waals surface area contributed by atoms with Crippen LogP contribution in [0.25, 0.3) is 0 Å². The number of rotatable bonds is 2. The van der Waals surface area contributed by atoms with Crippen LogP contribution in [0.2, 0.25) is 0 Å². The van der Waals surface area contributed by atoms with Crippen molar-refractivity contribution in [2.24, 2.45) is 0 Å². The zero-order valence-electron chi connectivity index (χ0n) is 8.05. The summed E-state index contributed by atoms with van der Waals surface area (Å²) in [5, 5.41) is 6.81. The molecular formula is C10H16N2S. The fourth-order valence-electron chi connectivity index (χ4n) is 2.19. The lowest BCUT2D eigenvalue weighted by molar-refractivity contribution is 0.249. The molecule has 1 saturated carbocycles. The van der Waals surface area contributed by atoms with E-state index in [1.54, 1.807) is 11.3 Å². The maximum absolute atomic E-state index is 4.44. The molecule has 0 bridgehead atoms. The average molecular weight is 196 g/mol. The first-order valence-electron chi connectivity index (χ1n) is 4.96. The second-order valence-corrected chi connectivity index (χ2v) is 4.62. The normalized spacial score (nSPS) is 21.6. The largest absolute Gasteiger partial charge is 0.308 e. The summed E-state index contributed by atoms with van der Waals surface area (Å²) in [5.74, 6) is 0. The van der Waals surface area contributed by atoms with E-state index >= 15 is 0 Å². The maximum Gasteiger partial charge on any atom is 0.113 e. The highest BCUT2D eigenvalue weighted by Gasteiger charge is 2.34. The Hall–Kier alpha value is -0.410. The predicted molar refractivity (Wildman–Crippen MR) is 55.9 cm³/mol. The first-order valence-corrected chi connectivity index (χ1v) is 5.84. The highest BCUT2D eigenvalue weighted by atomic mass is 32.1. The zero-order chi connectivity index (χ0) is 9.15. The van der Waals surface area contributed by atoms with Crippen LogP contribution in [-0.2, 0) is 5.54 Å². The van der Waals surface area contributed by atoms with Gasteiger partial charge in [-0.1, -0.05) is 19.3 Å². The van der Waals surface area contributed by atoms with Crippen molar-refractivity contribution in [1.29, 1.82) is 0 Å². The summed E-state index contributed by atoms with van der Waals surface area (Å²) in [6.07, 6.45) is 8.46. The highest BCUT2D eigenvalue weighted by molar-refractivity contribution is 7.09. The molecule has 1 fully saturated rings. The van der Waals surface area contributed by atoms with Crippen LogP contribution in [0.5, 0.6) is 0 Å². The van der Waals surface area contributed by atoms with Crippen molar-refractivity contribution in [3.8, 4) is 0 Å². The minimum absolute atomic E-state index is 0.201. The van der Waals surface area contributed by atoms with E-state index in [-0.39, 0.29) is 5.54 Å². The second-order valence-electron chi connectivity index (χ2n) is 3.73. The third kappa shape index (κ3) is 1.63. The first-order chi connectivity index (χ1) is 6.37.